The lowest BCUT2D eigenvalue weighted by atomic mass is 10.3. The van der Waals surface area contributed by atoms with Crippen LogP contribution in [0.5, 0.6) is 0 Å². The summed E-state index contributed by atoms with van der Waals surface area (Å²) in [5.74, 6) is 0. The largest absolute Gasteiger partial charge is 0.398 e. The Morgan fingerprint density at radius 2 is 1.94 bits per heavy atom. The lowest BCUT2D eigenvalue weighted by molar-refractivity contribution is 0.449. The van der Waals surface area contributed by atoms with Crippen LogP contribution in [0.2, 0.25) is 0 Å². The van der Waals surface area contributed by atoms with Gasteiger partial charge in [0, 0.05) is 23.2 Å². The van der Waals surface area contributed by atoms with Gasteiger partial charge in [-0.25, -0.2) is 0 Å². The number of benzene rings is 1. The van der Waals surface area contributed by atoms with E-state index in [-0.39, 0.29) is 0 Å². The van der Waals surface area contributed by atoms with E-state index in [9.17, 15) is 8.42 Å². The highest BCUT2D eigenvalue weighted by atomic mass is 79.9. The molecule has 0 radical (unpaired) electrons. The van der Waals surface area contributed by atoms with Crippen LogP contribution >= 0.6 is 15.9 Å². The number of nitrogens with two attached hydrogens (primary N) is 1. The number of nitrogens with one attached hydrogen (secondary N) is 1. The first kappa shape index (κ1) is 14.3. The van der Waals surface area contributed by atoms with E-state index in [1.165, 1.54) is 4.31 Å². The highest BCUT2D eigenvalue weighted by molar-refractivity contribution is 9.10. The molecule has 0 unspecified atom stereocenters. The minimum atomic E-state index is -3.49. The minimum Gasteiger partial charge on any atom is -0.398 e. The van der Waals surface area contributed by atoms with Gasteiger partial charge in [0.2, 0.25) is 0 Å². The van der Waals surface area contributed by atoms with E-state index in [1.807, 2.05) is 0 Å². The average Bonchev–Trinajstić information content (AvgIpc) is 2.24. The monoisotopic (exact) mass is 321 g/mol. The third-order valence-corrected chi connectivity index (χ3v) is 4.70. The molecule has 0 aliphatic rings. The first-order valence-electron chi connectivity index (χ1n) is 5.23. The molecule has 0 fully saturated rings. The van der Waals surface area contributed by atoms with Crippen molar-refractivity contribution in [2.45, 2.75) is 13.8 Å². The molecule has 1 aromatic carbocycles. The number of nitrogen functional groups attached to an aromatic ring is 1. The van der Waals surface area contributed by atoms with Crippen molar-refractivity contribution in [3.8, 4) is 0 Å². The fraction of sp³-hybridized carbons (Fsp3) is 0.400. The molecule has 0 aliphatic heterocycles. The molecule has 0 saturated heterocycles. The van der Waals surface area contributed by atoms with Crippen molar-refractivity contribution in [3.63, 3.8) is 0 Å². The van der Waals surface area contributed by atoms with Crippen LogP contribution in [0.25, 0.3) is 0 Å². The molecule has 3 N–H and O–H groups in total. The first-order chi connectivity index (χ1) is 7.90. The van der Waals surface area contributed by atoms with Crippen LogP contribution in [0.4, 0.5) is 11.4 Å². The summed E-state index contributed by atoms with van der Waals surface area (Å²) < 4.78 is 28.4. The smallest absolute Gasteiger partial charge is 0.301 e. The van der Waals surface area contributed by atoms with E-state index in [2.05, 4.69) is 20.7 Å². The molecule has 0 aromatic heterocycles. The first-order valence-corrected chi connectivity index (χ1v) is 7.47. The van der Waals surface area contributed by atoms with Crippen LogP contribution in [0.1, 0.15) is 13.8 Å². The molecule has 1 aromatic rings. The zero-order valence-corrected chi connectivity index (χ0v) is 12.2. The number of hydrogen-bond acceptors (Lipinski definition) is 3. The van der Waals surface area contributed by atoms with E-state index in [0.29, 0.717) is 24.5 Å². The molecule has 1 rings (SSSR count). The predicted octanol–water partition coefficient (Wildman–Crippen LogP) is 2.03. The van der Waals surface area contributed by atoms with Crippen molar-refractivity contribution in [2.24, 2.45) is 0 Å². The van der Waals surface area contributed by atoms with E-state index in [1.54, 1.807) is 32.0 Å². The van der Waals surface area contributed by atoms with Gasteiger partial charge in [0.15, 0.2) is 0 Å². The molecule has 0 saturated carbocycles. The van der Waals surface area contributed by atoms with Gasteiger partial charge in [0.05, 0.1) is 5.69 Å². The SMILES string of the molecule is CCN(CC)S(=O)(=O)Nc1ccc(Br)c(N)c1. The Bertz CT molecular complexity index is 486. The summed E-state index contributed by atoms with van der Waals surface area (Å²) in [7, 11) is -3.49. The van der Waals surface area contributed by atoms with Crippen LogP contribution in [0, 0.1) is 0 Å². The molecular weight excluding hydrogens is 306 g/mol. The molecule has 7 heteroatoms. The summed E-state index contributed by atoms with van der Waals surface area (Å²) >= 11 is 3.25. The third kappa shape index (κ3) is 3.58. The quantitative estimate of drug-likeness (QED) is 0.815. The average molecular weight is 322 g/mol. The van der Waals surface area contributed by atoms with Crippen molar-refractivity contribution in [1.29, 1.82) is 0 Å². The Morgan fingerprint density at radius 1 is 1.35 bits per heavy atom. The minimum absolute atomic E-state index is 0.428. The summed E-state index contributed by atoms with van der Waals surface area (Å²) in [6, 6.07) is 4.93. The molecule has 0 spiro atoms. The Kier molecular flexibility index (Phi) is 4.79. The number of anilines is 2. The molecule has 17 heavy (non-hydrogen) atoms. The summed E-state index contributed by atoms with van der Waals surface area (Å²) in [4.78, 5) is 0. The maximum Gasteiger partial charge on any atom is 0.301 e. The van der Waals surface area contributed by atoms with E-state index in [4.69, 9.17) is 5.73 Å². The van der Waals surface area contributed by atoms with Crippen LogP contribution in [0.3, 0.4) is 0 Å². The molecule has 0 aliphatic carbocycles. The van der Waals surface area contributed by atoms with Crippen LogP contribution in [-0.2, 0) is 10.2 Å². The molecule has 5 nitrogen and oxygen atoms in total. The molecule has 0 amide bonds. The summed E-state index contributed by atoms with van der Waals surface area (Å²) in [5.41, 5.74) is 6.63. The zero-order chi connectivity index (χ0) is 13.1. The van der Waals surface area contributed by atoms with Gasteiger partial charge in [-0.1, -0.05) is 13.8 Å². The Balaban J connectivity index is 2.94. The van der Waals surface area contributed by atoms with Crippen molar-refractivity contribution in [1.82, 2.24) is 4.31 Å². The lowest BCUT2D eigenvalue weighted by Gasteiger charge is -2.19. The van der Waals surface area contributed by atoms with Gasteiger partial charge in [0.1, 0.15) is 0 Å². The van der Waals surface area contributed by atoms with Gasteiger partial charge >= 0.3 is 10.2 Å². The van der Waals surface area contributed by atoms with E-state index < -0.39 is 10.2 Å². The molecule has 0 atom stereocenters. The standard InChI is InChI=1S/C10H16BrN3O2S/c1-3-14(4-2)17(15,16)13-8-5-6-9(11)10(12)7-8/h5-7,13H,3-4,12H2,1-2H3. The Hall–Kier alpha value is -0.790. The third-order valence-electron chi connectivity index (χ3n) is 2.29. The second-order valence-electron chi connectivity index (χ2n) is 3.43. The summed E-state index contributed by atoms with van der Waals surface area (Å²) in [6.45, 7) is 4.44. The number of hydrogen-bond donors (Lipinski definition) is 2. The van der Waals surface area contributed by atoms with E-state index >= 15 is 0 Å². The maximum atomic E-state index is 11.9. The lowest BCUT2D eigenvalue weighted by Crippen LogP contribution is -2.35. The van der Waals surface area contributed by atoms with Crippen molar-refractivity contribution >= 4 is 37.5 Å². The fourth-order valence-electron chi connectivity index (χ4n) is 1.38. The van der Waals surface area contributed by atoms with Crippen molar-refractivity contribution in [3.05, 3.63) is 22.7 Å². The van der Waals surface area contributed by atoms with Crippen molar-refractivity contribution < 1.29 is 8.42 Å². The van der Waals surface area contributed by atoms with Gasteiger partial charge < -0.3 is 5.73 Å². The molecular formula is C10H16BrN3O2S. The number of nitrogens with zero attached hydrogens (tertiary/aromatic N) is 1. The second kappa shape index (κ2) is 5.70. The van der Waals surface area contributed by atoms with E-state index in [0.717, 1.165) is 4.47 Å². The normalized spacial score (nSPS) is 11.8. The maximum absolute atomic E-state index is 11.9. The summed E-state index contributed by atoms with van der Waals surface area (Å²) in [6.07, 6.45) is 0. The number of rotatable bonds is 5. The van der Waals surface area contributed by atoms with Crippen LogP contribution in [-0.4, -0.2) is 25.8 Å². The zero-order valence-electron chi connectivity index (χ0n) is 9.77. The highest BCUT2D eigenvalue weighted by Gasteiger charge is 2.18. The fourth-order valence-corrected chi connectivity index (χ4v) is 2.86. The predicted molar refractivity (Wildman–Crippen MR) is 74.0 cm³/mol. The van der Waals surface area contributed by atoms with Crippen LogP contribution in [0.15, 0.2) is 22.7 Å². The number of halogens is 1. The van der Waals surface area contributed by atoms with Gasteiger partial charge in [-0.3, -0.25) is 4.72 Å². The molecule has 0 heterocycles. The van der Waals surface area contributed by atoms with Crippen LogP contribution < -0.4 is 10.5 Å². The second-order valence-corrected chi connectivity index (χ2v) is 5.95. The summed E-state index contributed by atoms with van der Waals surface area (Å²) in [5, 5.41) is 0. The molecule has 0 bridgehead atoms. The van der Waals surface area contributed by atoms with Gasteiger partial charge in [-0.15, -0.1) is 0 Å². The van der Waals surface area contributed by atoms with Gasteiger partial charge in [-0.05, 0) is 34.1 Å². The van der Waals surface area contributed by atoms with Gasteiger partial charge in [-0.2, -0.15) is 12.7 Å². The topological polar surface area (TPSA) is 75.4 Å². The highest BCUT2D eigenvalue weighted by Crippen LogP contribution is 2.23. The van der Waals surface area contributed by atoms with Crippen molar-refractivity contribution in [2.75, 3.05) is 23.5 Å². The molecule has 96 valence electrons. The van der Waals surface area contributed by atoms with Gasteiger partial charge in [0.25, 0.3) is 0 Å². The Morgan fingerprint density at radius 3 is 2.41 bits per heavy atom. The Labute approximate surface area is 110 Å².